The van der Waals surface area contributed by atoms with Crippen molar-refractivity contribution in [3.63, 3.8) is 0 Å². The maximum Gasteiger partial charge on any atom is 0.404 e. The van der Waals surface area contributed by atoms with Crippen LogP contribution in [-0.2, 0) is 9.59 Å². The Morgan fingerprint density at radius 3 is 1.75 bits per heavy atom. The molecule has 0 aromatic rings. The van der Waals surface area contributed by atoms with Crippen LogP contribution in [0.5, 0.6) is 0 Å². The Hall–Kier alpha value is -1.48. The van der Waals surface area contributed by atoms with Crippen molar-refractivity contribution in [2.24, 2.45) is 17.3 Å². The molecule has 4 nitrogen and oxygen atoms in total. The van der Waals surface area contributed by atoms with Crippen molar-refractivity contribution in [1.29, 1.82) is 0 Å². The smallest absolute Gasteiger partial charge is 0.404 e. The van der Waals surface area contributed by atoms with Gasteiger partial charge in [0.05, 0.1) is 5.92 Å². The maximum absolute atomic E-state index is 13.0. The Morgan fingerprint density at radius 2 is 1.38 bits per heavy atom. The number of carboxylic acid groups (broad SMARTS) is 1. The molecule has 2 aliphatic rings. The van der Waals surface area contributed by atoms with Gasteiger partial charge in [0.2, 0.25) is 5.91 Å². The first-order chi connectivity index (χ1) is 10.9. The number of alkyl halides is 6. The van der Waals surface area contributed by atoms with E-state index in [1.54, 1.807) is 0 Å². The van der Waals surface area contributed by atoms with Crippen molar-refractivity contribution in [2.45, 2.75) is 44.5 Å². The Kier molecular flexibility index (Phi) is 4.80. The molecule has 0 unspecified atom stereocenters. The highest BCUT2D eigenvalue weighted by atomic mass is 19.4. The molecule has 1 aliphatic heterocycles. The van der Waals surface area contributed by atoms with Crippen LogP contribution >= 0.6 is 0 Å². The highest BCUT2D eigenvalue weighted by Crippen LogP contribution is 2.55. The highest BCUT2D eigenvalue weighted by Gasteiger charge is 2.73. The second-order valence-corrected chi connectivity index (χ2v) is 6.47. The van der Waals surface area contributed by atoms with Crippen molar-refractivity contribution in [3.05, 3.63) is 0 Å². The van der Waals surface area contributed by atoms with Crippen LogP contribution in [0.1, 0.15) is 32.1 Å². The third-order valence-electron chi connectivity index (χ3n) is 5.09. The Morgan fingerprint density at radius 1 is 0.917 bits per heavy atom. The third-order valence-corrected chi connectivity index (χ3v) is 5.09. The minimum Gasteiger partial charge on any atom is -0.481 e. The van der Waals surface area contributed by atoms with E-state index in [1.165, 1.54) is 0 Å². The lowest BCUT2D eigenvalue weighted by atomic mass is 9.81. The van der Waals surface area contributed by atoms with Crippen molar-refractivity contribution < 1.29 is 41.0 Å². The Labute approximate surface area is 133 Å². The van der Waals surface area contributed by atoms with E-state index in [0.29, 0.717) is 4.90 Å². The zero-order valence-corrected chi connectivity index (χ0v) is 12.6. The molecule has 24 heavy (non-hydrogen) atoms. The van der Waals surface area contributed by atoms with Crippen LogP contribution in [-0.4, -0.2) is 47.3 Å². The Bertz CT molecular complexity index is 494. The summed E-state index contributed by atoms with van der Waals surface area (Å²) in [4.78, 5) is 23.7. The van der Waals surface area contributed by atoms with Crippen LogP contribution in [0.4, 0.5) is 26.3 Å². The van der Waals surface area contributed by atoms with Gasteiger partial charge in [0.15, 0.2) is 5.41 Å². The Balaban J connectivity index is 2.07. The van der Waals surface area contributed by atoms with E-state index in [-0.39, 0.29) is 25.7 Å². The number of carbonyl (C=O) groups is 2. The SMILES string of the molecule is O=C(O)C1CCC(C(=O)N2CCC(C(F)(F)F)(C(F)(F)F)C2)CC1. The lowest BCUT2D eigenvalue weighted by Gasteiger charge is -2.34. The van der Waals surface area contributed by atoms with Crippen LogP contribution < -0.4 is 0 Å². The standard InChI is InChI=1S/C14H17F6NO3/c15-13(16,17)12(14(18,19)20)5-6-21(7-12)10(22)8-1-3-9(4-2-8)11(23)24/h8-9H,1-7H2,(H,23,24). The van der Waals surface area contributed by atoms with E-state index >= 15 is 0 Å². The number of nitrogens with zero attached hydrogens (tertiary/aromatic N) is 1. The number of halogens is 6. The molecular formula is C14H17F6NO3. The second-order valence-electron chi connectivity index (χ2n) is 6.47. The fourth-order valence-electron chi connectivity index (χ4n) is 3.47. The van der Waals surface area contributed by atoms with Gasteiger partial charge in [-0.15, -0.1) is 0 Å². The van der Waals surface area contributed by atoms with Gasteiger partial charge in [-0.1, -0.05) is 0 Å². The van der Waals surface area contributed by atoms with Gasteiger partial charge < -0.3 is 10.0 Å². The van der Waals surface area contributed by atoms with Crippen molar-refractivity contribution in [3.8, 4) is 0 Å². The van der Waals surface area contributed by atoms with E-state index in [1.807, 2.05) is 0 Å². The molecule has 0 aromatic carbocycles. The summed E-state index contributed by atoms with van der Waals surface area (Å²) in [6, 6.07) is 0. The van der Waals surface area contributed by atoms with Crippen molar-refractivity contribution in [2.75, 3.05) is 13.1 Å². The van der Waals surface area contributed by atoms with Gasteiger partial charge in [-0.3, -0.25) is 9.59 Å². The number of likely N-dealkylation sites (tertiary alicyclic amines) is 1. The van der Waals surface area contributed by atoms with E-state index in [2.05, 4.69) is 0 Å². The predicted octanol–water partition coefficient (Wildman–Crippen LogP) is 3.22. The van der Waals surface area contributed by atoms with E-state index in [9.17, 15) is 35.9 Å². The zero-order chi connectivity index (χ0) is 18.3. The van der Waals surface area contributed by atoms with E-state index in [4.69, 9.17) is 5.11 Å². The van der Waals surface area contributed by atoms with Crippen LogP contribution in [0.25, 0.3) is 0 Å². The molecule has 1 heterocycles. The quantitative estimate of drug-likeness (QED) is 0.769. The molecule has 2 fully saturated rings. The minimum absolute atomic E-state index is 0.164. The molecule has 1 saturated carbocycles. The monoisotopic (exact) mass is 361 g/mol. The number of rotatable bonds is 2. The average Bonchev–Trinajstić information content (AvgIpc) is 2.92. The van der Waals surface area contributed by atoms with Crippen LogP contribution in [0.3, 0.4) is 0 Å². The predicted molar refractivity (Wildman–Crippen MR) is 68.8 cm³/mol. The summed E-state index contributed by atoms with van der Waals surface area (Å²) in [6.07, 6.45) is -11.4. The van der Waals surface area contributed by atoms with Gasteiger partial charge in [-0.2, -0.15) is 26.3 Å². The number of amides is 1. The number of hydrogen-bond acceptors (Lipinski definition) is 2. The molecule has 0 spiro atoms. The molecule has 2 rings (SSSR count). The normalized spacial score (nSPS) is 28.0. The summed E-state index contributed by atoms with van der Waals surface area (Å²) in [5, 5.41) is 8.88. The summed E-state index contributed by atoms with van der Waals surface area (Å²) in [5.41, 5.74) is -3.88. The first-order valence-electron chi connectivity index (χ1n) is 7.54. The number of aliphatic carboxylic acids is 1. The van der Waals surface area contributed by atoms with Crippen LogP contribution in [0.2, 0.25) is 0 Å². The van der Waals surface area contributed by atoms with Gasteiger partial charge in [-0.05, 0) is 32.1 Å². The van der Waals surface area contributed by atoms with Gasteiger partial charge in [0.1, 0.15) is 0 Å². The molecular weight excluding hydrogens is 344 g/mol. The van der Waals surface area contributed by atoms with Crippen LogP contribution in [0.15, 0.2) is 0 Å². The molecule has 0 aromatic heterocycles. The van der Waals surface area contributed by atoms with Gasteiger partial charge >= 0.3 is 18.3 Å². The largest absolute Gasteiger partial charge is 0.481 e. The van der Waals surface area contributed by atoms with E-state index < -0.39 is 61.0 Å². The molecule has 0 bridgehead atoms. The fraction of sp³-hybridized carbons (Fsp3) is 0.857. The zero-order valence-electron chi connectivity index (χ0n) is 12.6. The first kappa shape index (κ1) is 18.9. The second kappa shape index (κ2) is 6.11. The molecule has 138 valence electrons. The molecule has 1 aliphatic carbocycles. The molecule has 1 N–H and O–H groups in total. The first-order valence-corrected chi connectivity index (χ1v) is 7.54. The highest BCUT2D eigenvalue weighted by molar-refractivity contribution is 5.80. The molecule has 10 heteroatoms. The summed E-state index contributed by atoms with van der Waals surface area (Å²) in [5.74, 6) is -3.07. The summed E-state index contributed by atoms with van der Waals surface area (Å²) < 4.78 is 78.0. The number of hydrogen-bond donors (Lipinski definition) is 1. The van der Waals surface area contributed by atoms with Crippen LogP contribution in [0, 0.1) is 17.3 Å². The topological polar surface area (TPSA) is 57.6 Å². The molecule has 1 amide bonds. The van der Waals surface area contributed by atoms with Gasteiger partial charge in [0, 0.05) is 19.0 Å². The lowest BCUT2D eigenvalue weighted by Crippen LogP contribution is -2.52. The minimum atomic E-state index is -5.48. The maximum atomic E-state index is 13.0. The lowest BCUT2D eigenvalue weighted by molar-refractivity contribution is -0.334. The summed E-state index contributed by atoms with van der Waals surface area (Å²) >= 11 is 0. The summed E-state index contributed by atoms with van der Waals surface area (Å²) in [7, 11) is 0. The fourth-order valence-corrected chi connectivity index (χ4v) is 3.47. The van der Waals surface area contributed by atoms with Gasteiger partial charge in [-0.25, -0.2) is 0 Å². The third kappa shape index (κ3) is 3.19. The van der Waals surface area contributed by atoms with Crippen molar-refractivity contribution in [1.82, 2.24) is 4.90 Å². The molecule has 0 radical (unpaired) electrons. The van der Waals surface area contributed by atoms with E-state index in [0.717, 1.165) is 0 Å². The number of carbonyl (C=O) groups excluding carboxylic acids is 1. The van der Waals surface area contributed by atoms with Crippen molar-refractivity contribution >= 4 is 11.9 Å². The average molecular weight is 361 g/mol. The molecule has 1 saturated heterocycles. The number of carboxylic acids is 1. The summed E-state index contributed by atoms with van der Waals surface area (Å²) in [6.45, 7) is -2.02. The van der Waals surface area contributed by atoms with Gasteiger partial charge in [0.25, 0.3) is 0 Å². The molecule has 0 atom stereocenters.